The summed E-state index contributed by atoms with van der Waals surface area (Å²) in [6.07, 6.45) is 4.59. The number of amides is 3. The van der Waals surface area contributed by atoms with Crippen molar-refractivity contribution in [1.29, 1.82) is 0 Å². The summed E-state index contributed by atoms with van der Waals surface area (Å²) in [7, 11) is 0. The van der Waals surface area contributed by atoms with Gasteiger partial charge in [0.05, 0.1) is 24.8 Å². The first-order valence-corrected chi connectivity index (χ1v) is 17.2. The first kappa shape index (κ1) is 32.6. The van der Waals surface area contributed by atoms with Crippen molar-refractivity contribution in [2.45, 2.75) is 121 Å². The predicted molar refractivity (Wildman–Crippen MR) is 168 cm³/mol. The molecule has 0 bridgehead atoms. The molecule has 10 heteroatoms. The lowest BCUT2D eigenvalue weighted by Gasteiger charge is -2.40. The van der Waals surface area contributed by atoms with Gasteiger partial charge < -0.3 is 24.6 Å². The quantitative estimate of drug-likeness (QED) is 0.305. The van der Waals surface area contributed by atoms with Crippen molar-refractivity contribution < 1.29 is 27.8 Å². The van der Waals surface area contributed by atoms with Crippen molar-refractivity contribution in [3.63, 3.8) is 0 Å². The molecular formula is C35H52F2N4O4. The molecule has 5 atom stereocenters. The minimum atomic E-state index is -2.65. The van der Waals surface area contributed by atoms with Crippen molar-refractivity contribution in [2.24, 2.45) is 11.3 Å². The normalized spacial score (nSPS) is 33.1. The fourth-order valence-corrected chi connectivity index (χ4v) is 9.32. The Labute approximate surface area is 267 Å². The minimum Gasteiger partial charge on any atom is -0.355 e. The van der Waals surface area contributed by atoms with E-state index in [4.69, 9.17) is 9.47 Å². The number of nitrogens with zero attached hydrogens (tertiary/aromatic N) is 3. The maximum absolute atomic E-state index is 14.0. The Hall–Kier alpha value is -2.30. The number of alkyl halides is 2. The van der Waals surface area contributed by atoms with Gasteiger partial charge in [0.25, 0.3) is 0 Å². The second-order valence-electron chi connectivity index (χ2n) is 14.9. The van der Waals surface area contributed by atoms with E-state index in [-0.39, 0.29) is 72.1 Å². The van der Waals surface area contributed by atoms with E-state index in [2.05, 4.69) is 47.7 Å². The molecule has 1 aromatic rings. The molecule has 1 spiro atoms. The van der Waals surface area contributed by atoms with E-state index in [1.165, 1.54) is 0 Å². The van der Waals surface area contributed by atoms with Crippen LogP contribution in [0.3, 0.4) is 0 Å². The maximum Gasteiger partial charge on any atom is 0.320 e. The molecule has 5 aliphatic rings. The van der Waals surface area contributed by atoms with Gasteiger partial charge in [0.1, 0.15) is 6.79 Å². The number of urea groups is 1. The molecule has 2 saturated carbocycles. The first-order chi connectivity index (χ1) is 21.5. The van der Waals surface area contributed by atoms with E-state index in [0.717, 1.165) is 50.8 Å². The number of carbonyl (C=O) groups is 2. The number of hydrogen-bond donors (Lipinski definition) is 1. The Morgan fingerprint density at radius 1 is 1.07 bits per heavy atom. The van der Waals surface area contributed by atoms with Crippen LogP contribution in [0.15, 0.2) is 30.3 Å². The molecule has 3 amide bonds. The van der Waals surface area contributed by atoms with Crippen molar-refractivity contribution in [3.05, 3.63) is 35.9 Å². The highest BCUT2D eigenvalue weighted by Crippen LogP contribution is 2.62. The number of ether oxygens (including phenoxy) is 2. The molecule has 1 aromatic carbocycles. The summed E-state index contributed by atoms with van der Waals surface area (Å²) in [5.41, 5.74) is 0.727. The molecule has 0 radical (unpaired) electrons. The summed E-state index contributed by atoms with van der Waals surface area (Å²) in [6, 6.07) is 10.5. The monoisotopic (exact) mass is 630 g/mol. The highest BCUT2D eigenvalue weighted by atomic mass is 19.3. The number of likely N-dealkylation sites (tertiary alicyclic amines) is 1. The van der Waals surface area contributed by atoms with Crippen LogP contribution in [0.5, 0.6) is 0 Å². The fraction of sp³-hybridized carbons (Fsp3) is 0.771. The third kappa shape index (κ3) is 6.11. The van der Waals surface area contributed by atoms with Gasteiger partial charge in [0, 0.05) is 61.4 Å². The summed E-state index contributed by atoms with van der Waals surface area (Å²) in [6.45, 7) is 12.5. The molecular weight excluding hydrogens is 578 g/mol. The van der Waals surface area contributed by atoms with Crippen molar-refractivity contribution in [1.82, 2.24) is 20.0 Å². The topological polar surface area (TPSA) is 74.1 Å². The Balaban J connectivity index is 1.13. The zero-order valence-corrected chi connectivity index (χ0v) is 27.5. The lowest BCUT2D eigenvalue weighted by atomic mass is 9.85. The summed E-state index contributed by atoms with van der Waals surface area (Å²) in [5.74, 6) is -3.12. The third-order valence-electron chi connectivity index (χ3n) is 11.8. The summed E-state index contributed by atoms with van der Waals surface area (Å²) >= 11 is 0. The van der Waals surface area contributed by atoms with Crippen LogP contribution < -0.4 is 5.32 Å². The molecule has 5 fully saturated rings. The summed E-state index contributed by atoms with van der Waals surface area (Å²) < 4.78 is 38.9. The Morgan fingerprint density at radius 3 is 2.36 bits per heavy atom. The van der Waals surface area contributed by atoms with Crippen LogP contribution in [0.25, 0.3) is 0 Å². The summed E-state index contributed by atoms with van der Waals surface area (Å²) in [5, 5.41) is 3.25. The van der Waals surface area contributed by atoms with Gasteiger partial charge in [-0.1, -0.05) is 44.2 Å². The second-order valence-corrected chi connectivity index (χ2v) is 14.9. The van der Waals surface area contributed by atoms with Crippen molar-refractivity contribution in [3.8, 4) is 0 Å². The average molecular weight is 631 g/mol. The average Bonchev–Trinajstić information content (AvgIpc) is 3.31. The molecule has 250 valence electrons. The fourth-order valence-electron chi connectivity index (χ4n) is 9.32. The highest BCUT2D eigenvalue weighted by Gasteiger charge is 2.73. The standard InChI is InChI=1S/C35H52F2N4O4/c1-5-32(22-44-24-45-23-32)20-39-21-33(41(25(3)4)31(39)43)18-29-34(6-2,19-33)40(29)17-14-28(26-10-8-7-9-11-26)38-30(42)27-12-15-35(36,37)16-13-27/h7-11,25,27-29H,5-6,12-24H2,1-4H3,(H,38,42)/t28-,29?,33?,34?,40?/m0/s1. The van der Waals surface area contributed by atoms with Gasteiger partial charge in [-0.2, -0.15) is 0 Å². The van der Waals surface area contributed by atoms with Crippen LogP contribution in [0.2, 0.25) is 0 Å². The molecule has 8 nitrogen and oxygen atoms in total. The Morgan fingerprint density at radius 2 is 1.76 bits per heavy atom. The number of hydrogen-bond acceptors (Lipinski definition) is 5. The number of halogens is 2. The van der Waals surface area contributed by atoms with Gasteiger partial charge in [-0.3, -0.25) is 9.69 Å². The maximum atomic E-state index is 14.0. The SMILES string of the molecule is CCC1(CN2CC3(CC4N(CC[C@H](NC(=O)C5CCC(F)(F)CC5)c5ccccc5)C4(CC)C3)N(C(C)C)C2=O)COCOC1. The number of rotatable bonds is 11. The molecule has 3 aliphatic heterocycles. The Kier molecular flexibility index (Phi) is 8.98. The van der Waals surface area contributed by atoms with E-state index < -0.39 is 5.92 Å². The third-order valence-corrected chi connectivity index (χ3v) is 11.8. The van der Waals surface area contributed by atoms with Crippen LogP contribution in [0, 0.1) is 11.3 Å². The van der Waals surface area contributed by atoms with Crippen LogP contribution in [-0.2, 0) is 14.3 Å². The first-order valence-electron chi connectivity index (χ1n) is 17.2. The minimum absolute atomic E-state index is 0.0448. The van der Waals surface area contributed by atoms with E-state index in [1.807, 2.05) is 30.3 Å². The lowest BCUT2D eigenvalue weighted by molar-refractivity contribution is -0.169. The van der Waals surface area contributed by atoms with Gasteiger partial charge in [0.2, 0.25) is 11.8 Å². The smallest absolute Gasteiger partial charge is 0.320 e. The van der Waals surface area contributed by atoms with Gasteiger partial charge in [0.15, 0.2) is 0 Å². The van der Waals surface area contributed by atoms with E-state index in [1.54, 1.807) is 0 Å². The van der Waals surface area contributed by atoms with E-state index in [9.17, 15) is 18.4 Å². The number of carbonyl (C=O) groups excluding carboxylic acids is 2. The van der Waals surface area contributed by atoms with E-state index in [0.29, 0.717) is 32.6 Å². The van der Waals surface area contributed by atoms with Crippen molar-refractivity contribution in [2.75, 3.05) is 39.6 Å². The van der Waals surface area contributed by atoms with Gasteiger partial charge in [-0.15, -0.1) is 0 Å². The number of benzene rings is 1. The molecule has 2 aliphatic carbocycles. The second kappa shape index (κ2) is 12.4. The molecule has 4 unspecified atom stereocenters. The van der Waals surface area contributed by atoms with Gasteiger partial charge in [-0.25, -0.2) is 13.6 Å². The molecule has 1 N–H and O–H groups in total. The van der Waals surface area contributed by atoms with Crippen molar-refractivity contribution >= 4 is 11.9 Å². The number of piperidine rings is 1. The largest absolute Gasteiger partial charge is 0.355 e. The van der Waals surface area contributed by atoms with Crippen LogP contribution in [-0.4, -0.2) is 95.4 Å². The zero-order chi connectivity index (χ0) is 32.0. The molecule has 3 heterocycles. The van der Waals surface area contributed by atoms with Crippen LogP contribution in [0.1, 0.15) is 97.1 Å². The summed E-state index contributed by atoms with van der Waals surface area (Å²) in [4.78, 5) is 34.1. The van der Waals surface area contributed by atoms with Crippen LogP contribution >= 0.6 is 0 Å². The number of fused-ring (bicyclic) bond motifs is 1. The molecule has 0 aromatic heterocycles. The Bertz CT molecular complexity index is 1220. The van der Waals surface area contributed by atoms with Gasteiger partial charge in [-0.05, 0) is 64.4 Å². The predicted octanol–water partition coefficient (Wildman–Crippen LogP) is 5.97. The van der Waals surface area contributed by atoms with Crippen LogP contribution in [0.4, 0.5) is 13.6 Å². The van der Waals surface area contributed by atoms with E-state index >= 15 is 0 Å². The highest BCUT2D eigenvalue weighted by molar-refractivity contribution is 5.80. The lowest BCUT2D eigenvalue weighted by Crippen LogP contribution is -2.52. The van der Waals surface area contributed by atoms with Gasteiger partial charge >= 0.3 is 6.03 Å². The molecule has 3 saturated heterocycles. The molecule has 6 rings (SSSR count). The molecule has 45 heavy (non-hydrogen) atoms. The number of nitrogens with one attached hydrogen (secondary N) is 1. The zero-order valence-electron chi connectivity index (χ0n) is 27.5.